The standard InChI is InChI=1S/C17H23N5O3/c1-11-7-18-15(24-11)10-22(12(2)23)14-5-6-21(8-14)9-16-19-17(20-25-16)13-3-4-13/h7,13-14H,3-6,8-10H2,1-2H3/t14-/m1/s1. The average molecular weight is 345 g/mol. The van der Waals surface area contributed by atoms with Gasteiger partial charge in [-0.2, -0.15) is 4.98 Å². The second-order valence-corrected chi connectivity index (χ2v) is 7.01. The maximum Gasteiger partial charge on any atom is 0.240 e. The third-order valence-corrected chi connectivity index (χ3v) is 4.85. The normalized spacial score (nSPS) is 21.0. The molecule has 134 valence electrons. The average Bonchev–Trinajstić information content (AvgIpc) is 2.95. The fourth-order valence-corrected chi connectivity index (χ4v) is 3.36. The van der Waals surface area contributed by atoms with Crippen LogP contribution >= 0.6 is 0 Å². The predicted octanol–water partition coefficient (Wildman–Crippen LogP) is 1.87. The summed E-state index contributed by atoms with van der Waals surface area (Å²) in [4.78, 5) is 24.9. The van der Waals surface area contributed by atoms with E-state index in [1.807, 2.05) is 11.8 Å². The zero-order valence-corrected chi connectivity index (χ0v) is 14.6. The molecule has 8 heteroatoms. The van der Waals surface area contributed by atoms with Crippen molar-refractivity contribution in [1.82, 2.24) is 24.9 Å². The van der Waals surface area contributed by atoms with Gasteiger partial charge in [0.1, 0.15) is 5.76 Å². The maximum atomic E-state index is 12.1. The number of carbonyl (C=O) groups excluding carboxylic acids is 1. The van der Waals surface area contributed by atoms with Gasteiger partial charge >= 0.3 is 0 Å². The second-order valence-electron chi connectivity index (χ2n) is 7.01. The van der Waals surface area contributed by atoms with Gasteiger partial charge in [0.05, 0.1) is 19.3 Å². The van der Waals surface area contributed by atoms with Gasteiger partial charge in [-0.05, 0) is 26.2 Å². The summed E-state index contributed by atoms with van der Waals surface area (Å²) in [5.74, 6) is 3.39. The molecular formula is C17H23N5O3. The third kappa shape index (κ3) is 3.73. The Morgan fingerprint density at radius 1 is 1.36 bits per heavy atom. The monoisotopic (exact) mass is 345 g/mol. The van der Waals surface area contributed by atoms with Crippen LogP contribution in [0.15, 0.2) is 15.1 Å². The molecule has 2 aromatic heterocycles. The molecule has 8 nitrogen and oxygen atoms in total. The van der Waals surface area contributed by atoms with Crippen molar-refractivity contribution in [3.8, 4) is 0 Å². The predicted molar refractivity (Wildman–Crippen MR) is 87.4 cm³/mol. The Hall–Kier alpha value is -2.22. The number of hydrogen-bond acceptors (Lipinski definition) is 7. The van der Waals surface area contributed by atoms with Crippen LogP contribution in [0.3, 0.4) is 0 Å². The van der Waals surface area contributed by atoms with Crippen LogP contribution in [0.25, 0.3) is 0 Å². The Bertz CT molecular complexity index is 751. The lowest BCUT2D eigenvalue weighted by molar-refractivity contribution is -0.132. The van der Waals surface area contributed by atoms with Crippen molar-refractivity contribution in [1.29, 1.82) is 0 Å². The summed E-state index contributed by atoms with van der Waals surface area (Å²) >= 11 is 0. The highest BCUT2D eigenvalue weighted by molar-refractivity contribution is 5.73. The molecule has 1 atom stereocenters. The minimum Gasteiger partial charge on any atom is -0.444 e. The Morgan fingerprint density at radius 2 is 2.20 bits per heavy atom. The highest BCUT2D eigenvalue weighted by atomic mass is 16.5. The highest BCUT2D eigenvalue weighted by Crippen LogP contribution is 2.38. The maximum absolute atomic E-state index is 12.1. The van der Waals surface area contributed by atoms with Crippen LogP contribution in [0, 0.1) is 6.92 Å². The smallest absolute Gasteiger partial charge is 0.240 e. The summed E-state index contributed by atoms with van der Waals surface area (Å²) in [5, 5.41) is 4.06. The van der Waals surface area contributed by atoms with Crippen LogP contribution in [0.4, 0.5) is 0 Å². The van der Waals surface area contributed by atoms with E-state index in [0.717, 1.165) is 31.1 Å². The number of aromatic nitrogens is 3. The Labute approximate surface area is 146 Å². The van der Waals surface area contributed by atoms with Gasteiger partial charge in [0, 0.05) is 32.0 Å². The van der Waals surface area contributed by atoms with Crippen molar-refractivity contribution in [3.05, 3.63) is 29.6 Å². The number of oxazole rings is 1. The van der Waals surface area contributed by atoms with Crippen molar-refractivity contribution >= 4 is 5.91 Å². The van der Waals surface area contributed by atoms with Crippen LogP contribution in [0.2, 0.25) is 0 Å². The van der Waals surface area contributed by atoms with Crippen molar-refractivity contribution in [2.75, 3.05) is 13.1 Å². The van der Waals surface area contributed by atoms with Gasteiger partial charge in [-0.1, -0.05) is 5.16 Å². The van der Waals surface area contributed by atoms with Gasteiger partial charge in [0.2, 0.25) is 17.7 Å². The van der Waals surface area contributed by atoms with E-state index in [9.17, 15) is 4.79 Å². The SMILES string of the molecule is CC(=O)N(Cc1ncc(C)o1)[C@@H]1CCN(Cc2nc(C3CC3)no2)C1. The van der Waals surface area contributed by atoms with Crippen LogP contribution < -0.4 is 0 Å². The minimum absolute atomic E-state index is 0.0384. The van der Waals surface area contributed by atoms with Crippen molar-refractivity contribution in [2.24, 2.45) is 0 Å². The van der Waals surface area contributed by atoms with E-state index in [1.54, 1.807) is 13.1 Å². The summed E-state index contributed by atoms with van der Waals surface area (Å²) in [7, 11) is 0. The molecule has 2 aromatic rings. The largest absolute Gasteiger partial charge is 0.444 e. The Balaban J connectivity index is 1.36. The molecule has 1 saturated carbocycles. The topological polar surface area (TPSA) is 88.5 Å². The fraction of sp³-hybridized carbons (Fsp3) is 0.647. The molecule has 0 N–H and O–H groups in total. The van der Waals surface area contributed by atoms with E-state index in [-0.39, 0.29) is 11.9 Å². The number of aryl methyl sites for hydroxylation is 1. The van der Waals surface area contributed by atoms with Gasteiger partial charge in [-0.25, -0.2) is 4.98 Å². The van der Waals surface area contributed by atoms with Crippen LogP contribution in [0.5, 0.6) is 0 Å². The third-order valence-electron chi connectivity index (χ3n) is 4.85. The van der Waals surface area contributed by atoms with Crippen LogP contribution in [0.1, 0.15) is 55.5 Å². The van der Waals surface area contributed by atoms with Crippen LogP contribution in [-0.2, 0) is 17.9 Å². The summed E-state index contributed by atoms with van der Waals surface area (Å²) in [6.45, 7) is 6.19. The molecular weight excluding hydrogens is 322 g/mol. The first-order chi connectivity index (χ1) is 12.1. The van der Waals surface area contributed by atoms with E-state index in [0.29, 0.717) is 30.8 Å². The van der Waals surface area contributed by atoms with Gasteiger partial charge in [-0.3, -0.25) is 9.69 Å². The molecule has 2 aliphatic rings. The summed E-state index contributed by atoms with van der Waals surface area (Å²) in [5.41, 5.74) is 0. The minimum atomic E-state index is 0.0384. The van der Waals surface area contributed by atoms with E-state index in [1.165, 1.54) is 12.8 Å². The first-order valence-electron chi connectivity index (χ1n) is 8.82. The number of rotatable bonds is 6. The highest BCUT2D eigenvalue weighted by Gasteiger charge is 2.32. The van der Waals surface area contributed by atoms with Gasteiger partial charge in [0.15, 0.2) is 5.82 Å². The summed E-state index contributed by atoms with van der Waals surface area (Å²) < 4.78 is 10.9. The molecule has 25 heavy (non-hydrogen) atoms. The van der Waals surface area contributed by atoms with Crippen molar-refractivity contribution in [2.45, 2.75) is 58.2 Å². The lowest BCUT2D eigenvalue weighted by Crippen LogP contribution is -2.40. The quantitative estimate of drug-likeness (QED) is 0.789. The molecule has 0 aromatic carbocycles. The number of amides is 1. The molecule has 0 spiro atoms. The zero-order chi connectivity index (χ0) is 17.4. The zero-order valence-electron chi connectivity index (χ0n) is 14.6. The van der Waals surface area contributed by atoms with E-state index >= 15 is 0 Å². The van der Waals surface area contributed by atoms with Gasteiger partial charge in [-0.15, -0.1) is 0 Å². The molecule has 0 unspecified atom stereocenters. The fourth-order valence-electron chi connectivity index (χ4n) is 3.36. The summed E-state index contributed by atoms with van der Waals surface area (Å²) in [6.07, 6.45) is 4.93. The Kier molecular flexibility index (Phi) is 4.29. The van der Waals surface area contributed by atoms with Crippen LogP contribution in [-0.4, -0.2) is 50.0 Å². The molecule has 2 fully saturated rings. The molecule has 1 aliphatic carbocycles. The molecule has 1 aliphatic heterocycles. The lowest BCUT2D eigenvalue weighted by atomic mass is 10.2. The molecule has 1 amide bonds. The summed E-state index contributed by atoms with van der Waals surface area (Å²) in [6, 6.07) is 0.149. The van der Waals surface area contributed by atoms with Crippen molar-refractivity contribution < 1.29 is 13.7 Å². The first-order valence-corrected chi connectivity index (χ1v) is 8.82. The van der Waals surface area contributed by atoms with E-state index < -0.39 is 0 Å². The number of hydrogen-bond donors (Lipinski definition) is 0. The number of nitrogens with zero attached hydrogens (tertiary/aromatic N) is 5. The molecule has 3 heterocycles. The second kappa shape index (κ2) is 6.59. The van der Waals surface area contributed by atoms with Gasteiger partial charge in [0.25, 0.3) is 0 Å². The first kappa shape index (κ1) is 16.3. The van der Waals surface area contributed by atoms with Crippen molar-refractivity contribution in [3.63, 3.8) is 0 Å². The Morgan fingerprint density at radius 3 is 2.88 bits per heavy atom. The molecule has 1 saturated heterocycles. The number of carbonyl (C=O) groups is 1. The molecule has 0 radical (unpaired) electrons. The van der Waals surface area contributed by atoms with Gasteiger partial charge < -0.3 is 13.8 Å². The van der Waals surface area contributed by atoms with E-state index in [4.69, 9.17) is 8.94 Å². The molecule has 0 bridgehead atoms. The lowest BCUT2D eigenvalue weighted by Gasteiger charge is -2.26. The molecule has 4 rings (SSSR count). The van der Waals surface area contributed by atoms with E-state index in [2.05, 4.69) is 20.0 Å². The number of likely N-dealkylation sites (tertiary alicyclic amines) is 1.